The van der Waals surface area contributed by atoms with Gasteiger partial charge in [0.1, 0.15) is 6.04 Å². The molecule has 180 valence electrons. The number of hydrogen-bond acceptors (Lipinski definition) is 6. The Morgan fingerprint density at radius 2 is 1.80 bits per heavy atom. The quantitative estimate of drug-likeness (QED) is 0.326. The molecule has 9 nitrogen and oxygen atoms in total. The second-order valence-electron chi connectivity index (χ2n) is 8.53. The summed E-state index contributed by atoms with van der Waals surface area (Å²) >= 11 is 0. The van der Waals surface area contributed by atoms with Crippen LogP contribution in [-0.4, -0.2) is 53.5 Å². The SMILES string of the molecule is CCCCCC(=O)N(Cc1ccc2nc(-c3ccc(-c4nn[nH]n4)cc3)ccc2c1)C(C)C(=O)O. The van der Waals surface area contributed by atoms with Gasteiger partial charge in [-0.05, 0) is 42.3 Å². The minimum Gasteiger partial charge on any atom is -0.480 e. The lowest BCUT2D eigenvalue weighted by Gasteiger charge is -2.27. The van der Waals surface area contributed by atoms with Gasteiger partial charge in [0.05, 0.1) is 11.2 Å². The average Bonchev–Trinajstić information content (AvgIpc) is 3.42. The lowest BCUT2D eigenvalue weighted by Crippen LogP contribution is -2.42. The second-order valence-corrected chi connectivity index (χ2v) is 8.53. The van der Waals surface area contributed by atoms with E-state index in [0.29, 0.717) is 12.2 Å². The van der Waals surface area contributed by atoms with Crippen LogP contribution in [0.25, 0.3) is 33.5 Å². The summed E-state index contributed by atoms with van der Waals surface area (Å²) in [7, 11) is 0. The molecule has 4 aromatic rings. The molecule has 0 aliphatic heterocycles. The maximum atomic E-state index is 12.8. The number of nitrogens with zero attached hydrogens (tertiary/aromatic N) is 5. The molecule has 35 heavy (non-hydrogen) atoms. The minimum atomic E-state index is -1.01. The van der Waals surface area contributed by atoms with E-state index in [0.717, 1.165) is 52.5 Å². The van der Waals surface area contributed by atoms with Gasteiger partial charge in [-0.3, -0.25) is 4.79 Å². The van der Waals surface area contributed by atoms with Crippen LogP contribution in [0.2, 0.25) is 0 Å². The van der Waals surface area contributed by atoms with Crippen molar-refractivity contribution in [1.82, 2.24) is 30.5 Å². The van der Waals surface area contributed by atoms with Gasteiger partial charge in [-0.1, -0.05) is 56.2 Å². The molecular weight excluding hydrogens is 444 g/mol. The highest BCUT2D eigenvalue weighted by atomic mass is 16.4. The molecule has 0 fully saturated rings. The largest absolute Gasteiger partial charge is 0.480 e. The van der Waals surface area contributed by atoms with Crippen molar-refractivity contribution in [2.24, 2.45) is 0 Å². The molecule has 0 saturated heterocycles. The monoisotopic (exact) mass is 472 g/mol. The number of nitrogens with one attached hydrogen (secondary N) is 1. The van der Waals surface area contributed by atoms with Crippen LogP contribution in [0, 0.1) is 0 Å². The van der Waals surface area contributed by atoms with Crippen LogP contribution in [0.4, 0.5) is 0 Å². The third kappa shape index (κ3) is 5.68. The van der Waals surface area contributed by atoms with E-state index in [9.17, 15) is 14.7 Å². The number of aromatic amines is 1. The fourth-order valence-corrected chi connectivity index (χ4v) is 3.95. The Kier molecular flexibility index (Phi) is 7.45. The second kappa shape index (κ2) is 10.9. The minimum absolute atomic E-state index is 0.133. The maximum Gasteiger partial charge on any atom is 0.326 e. The van der Waals surface area contributed by atoms with Crippen LogP contribution < -0.4 is 0 Å². The molecule has 9 heteroatoms. The number of unbranched alkanes of at least 4 members (excludes halogenated alkanes) is 2. The Balaban J connectivity index is 1.53. The standard InChI is InChI=1S/C26H28N6O3/c1-3-4-5-6-24(33)32(17(2)26(34)35)16-18-7-13-23-21(15-18)12-14-22(27-23)19-8-10-20(11-9-19)25-28-30-31-29-25/h7-15,17H,3-6,16H2,1-2H3,(H,34,35)(H,28,29,30,31). The normalized spacial score (nSPS) is 11.9. The molecule has 0 radical (unpaired) electrons. The topological polar surface area (TPSA) is 125 Å². The van der Waals surface area contributed by atoms with E-state index in [4.69, 9.17) is 4.98 Å². The van der Waals surface area contributed by atoms with Crippen molar-refractivity contribution < 1.29 is 14.7 Å². The number of aliphatic carboxylic acids is 1. The van der Waals surface area contributed by atoms with Gasteiger partial charge in [0.2, 0.25) is 11.7 Å². The number of aromatic nitrogens is 5. The Morgan fingerprint density at radius 3 is 2.49 bits per heavy atom. The number of rotatable bonds is 10. The molecule has 2 heterocycles. The highest BCUT2D eigenvalue weighted by Crippen LogP contribution is 2.25. The Labute approximate surface area is 203 Å². The molecule has 2 aromatic heterocycles. The van der Waals surface area contributed by atoms with Crippen LogP contribution in [0.15, 0.2) is 54.6 Å². The summed E-state index contributed by atoms with van der Waals surface area (Å²) in [6.45, 7) is 3.87. The zero-order chi connectivity index (χ0) is 24.8. The molecule has 0 bridgehead atoms. The van der Waals surface area contributed by atoms with E-state index >= 15 is 0 Å². The fraction of sp³-hybridized carbons (Fsp3) is 0.308. The summed E-state index contributed by atoms with van der Waals surface area (Å²) in [5, 5.41) is 24.4. The van der Waals surface area contributed by atoms with Crippen LogP contribution in [0.1, 0.15) is 45.1 Å². The molecule has 1 amide bonds. The number of carboxylic acids is 1. The van der Waals surface area contributed by atoms with E-state index in [2.05, 4.69) is 27.5 Å². The lowest BCUT2D eigenvalue weighted by molar-refractivity contribution is -0.150. The smallest absolute Gasteiger partial charge is 0.326 e. The van der Waals surface area contributed by atoms with Crippen LogP contribution >= 0.6 is 0 Å². The summed E-state index contributed by atoms with van der Waals surface area (Å²) in [6.07, 6.45) is 3.07. The van der Waals surface area contributed by atoms with Gasteiger partial charge in [0.25, 0.3) is 0 Å². The van der Waals surface area contributed by atoms with Crippen molar-refractivity contribution in [3.8, 4) is 22.6 Å². The average molecular weight is 473 g/mol. The van der Waals surface area contributed by atoms with Crippen LogP contribution in [0.3, 0.4) is 0 Å². The molecule has 0 aliphatic rings. The van der Waals surface area contributed by atoms with Gasteiger partial charge in [-0.15, -0.1) is 10.2 Å². The van der Waals surface area contributed by atoms with Gasteiger partial charge >= 0.3 is 5.97 Å². The number of carbonyl (C=O) groups is 2. The number of benzene rings is 2. The third-order valence-electron chi connectivity index (χ3n) is 6.03. The van der Waals surface area contributed by atoms with Crippen molar-refractivity contribution in [2.75, 3.05) is 0 Å². The molecular formula is C26H28N6O3. The Bertz CT molecular complexity index is 1300. The van der Waals surface area contributed by atoms with Gasteiger partial charge in [-0.25, -0.2) is 9.78 Å². The molecule has 0 spiro atoms. The van der Waals surface area contributed by atoms with E-state index in [-0.39, 0.29) is 12.5 Å². The van der Waals surface area contributed by atoms with Crippen molar-refractivity contribution in [2.45, 2.75) is 52.1 Å². The zero-order valence-electron chi connectivity index (χ0n) is 19.8. The van der Waals surface area contributed by atoms with Gasteiger partial charge in [0, 0.05) is 29.5 Å². The number of fused-ring (bicyclic) bond motifs is 1. The molecule has 0 saturated carbocycles. The first-order valence-electron chi connectivity index (χ1n) is 11.7. The highest BCUT2D eigenvalue weighted by molar-refractivity contribution is 5.84. The van der Waals surface area contributed by atoms with Crippen molar-refractivity contribution in [3.63, 3.8) is 0 Å². The first-order chi connectivity index (χ1) is 17.0. The Hall–Kier alpha value is -4.14. The third-order valence-corrected chi connectivity index (χ3v) is 6.03. The Morgan fingerprint density at radius 1 is 1.03 bits per heavy atom. The van der Waals surface area contributed by atoms with Crippen molar-refractivity contribution in [3.05, 3.63) is 60.2 Å². The summed E-state index contributed by atoms with van der Waals surface area (Å²) < 4.78 is 0. The number of pyridine rings is 1. The summed E-state index contributed by atoms with van der Waals surface area (Å²) in [5.74, 6) is -0.608. The fourth-order valence-electron chi connectivity index (χ4n) is 3.95. The van der Waals surface area contributed by atoms with Gasteiger partial charge in [-0.2, -0.15) is 5.21 Å². The number of tetrazole rings is 1. The first-order valence-corrected chi connectivity index (χ1v) is 11.7. The molecule has 1 atom stereocenters. The van der Waals surface area contributed by atoms with Crippen molar-refractivity contribution >= 4 is 22.8 Å². The van der Waals surface area contributed by atoms with E-state index < -0.39 is 12.0 Å². The molecule has 2 aromatic carbocycles. The van der Waals surface area contributed by atoms with E-state index in [1.165, 1.54) is 4.90 Å². The van der Waals surface area contributed by atoms with Gasteiger partial charge < -0.3 is 10.0 Å². The predicted octanol–water partition coefficient (Wildman–Crippen LogP) is 4.46. The zero-order valence-corrected chi connectivity index (χ0v) is 19.8. The molecule has 4 rings (SSSR count). The van der Waals surface area contributed by atoms with Crippen LogP contribution in [0.5, 0.6) is 0 Å². The number of hydrogen-bond donors (Lipinski definition) is 2. The summed E-state index contributed by atoms with van der Waals surface area (Å²) in [4.78, 5) is 30.6. The van der Waals surface area contributed by atoms with E-state index in [1.807, 2.05) is 54.6 Å². The number of carbonyl (C=O) groups excluding carboxylic acids is 1. The number of H-pyrrole nitrogens is 1. The highest BCUT2D eigenvalue weighted by Gasteiger charge is 2.25. The lowest BCUT2D eigenvalue weighted by atomic mass is 10.1. The predicted molar refractivity (Wildman–Crippen MR) is 132 cm³/mol. The maximum absolute atomic E-state index is 12.8. The van der Waals surface area contributed by atoms with Crippen LogP contribution in [-0.2, 0) is 16.1 Å². The van der Waals surface area contributed by atoms with Crippen molar-refractivity contribution in [1.29, 1.82) is 0 Å². The molecule has 1 unspecified atom stereocenters. The molecule has 0 aliphatic carbocycles. The summed E-state index contributed by atoms with van der Waals surface area (Å²) in [5.41, 5.74) is 4.34. The molecule has 2 N–H and O–H groups in total. The number of amides is 1. The van der Waals surface area contributed by atoms with E-state index in [1.54, 1.807) is 6.92 Å². The number of carboxylic acid groups (broad SMARTS) is 1. The summed E-state index contributed by atoms with van der Waals surface area (Å²) in [6, 6.07) is 16.6. The van der Waals surface area contributed by atoms with Gasteiger partial charge in [0.15, 0.2) is 0 Å². The first kappa shape index (κ1) is 24.0.